The largest absolute Gasteiger partial charge is 0.381 e. The molecule has 0 aliphatic carbocycles. The van der Waals surface area contributed by atoms with E-state index in [0.717, 1.165) is 44.6 Å². The lowest BCUT2D eigenvalue weighted by molar-refractivity contribution is 0.126. The van der Waals surface area contributed by atoms with Crippen LogP contribution in [-0.4, -0.2) is 26.3 Å². The van der Waals surface area contributed by atoms with Crippen LogP contribution < -0.4 is 5.32 Å². The molecule has 0 saturated heterocycles. The van der Waals surface area contributed by atoms with Gasteiger partial charge in [-0.15, -0.1) is 0 Å². The second kappa shape index (κ2) is 15.3. The predicted molar refractivity (Wildman–Crippen MR) is 90.3 cm³/mol. The van der Waals surface area contributed by atoms with E-state index >= 15 is 0 Å². The Hall–Kier alpha value is -0.0800. The first-order valence-corrected chi connectivity index (χ1v) is 8.99. The molecule has 0 saturated carbocycles. The summed E-state index contributed by atoms with van der Waals surface area (Å²) in [6, 6.07) is 0. The zero-order chi connectivity index (χ0) is 15.1. The van der Waals surface area contributed by atoms with Gasteiger partial charge in [0, 0.05) is 13.2 Å². The molecule has 20 heavy (non-hydrogen) atoms. The van der Waals surface area contributed by atoms with Gasteiger partial charge in [-0.1, -0.05) is 66.2 Å². The van der Waals surface area contributed by atoms with Crippen molar-refractivity contribution in [2.75, 3.05) is 26.3 Å². The highest BCUT2D eigenvalue weighted by atomic mass is 16.5. The van der Waals surface area contributed by atoms with Crippen molar-refractivity contribution in [3.63, 3.8) is 0 Å². The van der Waals surface area contributed by atoms with Crippen LogP contribution in [0.1, 0.15) is 79.1 Å². The van der Waals surface area contributed by atoms with E-state index in [0.29, 0.717) is 0 Å². The highest BCUT2D eigenvalue weighted by Gasteiger charge is 2.04. The van der Waals surface area contributed by atoms with Crippen molar-refractivity contribution in [3.05, 3.63) is 0 Å². The molecule has 1 N–H and O–H groups in total. The molecule has 0 rings (SSSR count). The number of hydrogen-bond acceptors (Lipinski definition) is 2. The maximum atomic E-state index is 5.70. The summed E-state index contributed by atoms with van der Waals surface area (Å²) >= 11 is 0. The summed E-state index contributed by atoms with van der Waals surface area (Å²) in [7, 11) is 0. The van der Waals surface area contributed by atoms with E-state index in [-0.39, 0.29) is 0 Å². The molecule has 0 bridgehead atoms. The molecular weight excluding hydrogens is 246 g/mol. The minimum absolute atomic E-state index is 0.745. The molecule has 0 aromatic rings. The lowest BCUT2D eigenvalue weighted by Gasteiger charge is -2.14. The van der Waals surface area contributed by atoms with Crippen molar-refractivity contribution in [1.29, 1.82) is 0 Å². The topological polar surface area (TPSA) is 21.3 Å². The Balaban J connectivity index is 3.19. The Morgan fingerprint density at radius 1 is 0.900 bits per heavy atom. The third-order valence-electron chi connectivity index (χ3n) is 3.89. The first kappa shape index (κ1) is 19.9. The lowest BCUT2D eigenvalue weighted by atomic mass is 9.94. The van der Waals surface area contributed by atoms with Gasteiger partial charge >= 0.3 is 0 Å². The van der Waals surface area contributed by atoms with Gasteiger partial charge in [-0.3, -0.25) is 0 Å². The van der Waals surface area contributed by atoms with Crippen LogP contribution in [0.25, 0.3) is 0 Å². The van der Waals surface area contributed by atoms with Gasteiger partial charge in [0.2, 0.25) is 0 Å². The number of nitrogens with one attached hydrogen (secondary N) is 1. The van der Waals surface area contributed by atoms with E-state index < -0.39 is 0 Å². The standard InChI is InChI=1S/C18H39NO/c1-5-7-11-18(6-2)12-8-9-14-20-15-10-13-19-16-17(3)4/h17-19H,5-16H2,1-4H3. The molecule has 0 spiro atoms. The van der Waals surface area contributed by atoms with E-state index in [1.807, 2.05) is 0 Å². The highest BCUT2D eigenvalue weighted by Crippen LogP contribution is 2.19. The van der Waals surface area contributed by atoms with Crippen molar-refractivity contribution in [2.45, 2.75) is 79.1 Å². The zero-order valence-corrected chi connectivity index (χ0v) is 14.5. The first-order valence-electron chi connectivity index (χ1n) is 8.99. The van der Waals surface area contributed by atoms with Gasteiger partial charge in [-0.05, 0) is 37.8 Å². The van der Waals surface area contributed by atoms with Crippen LogP contribution in [0.5, 0.6) is 0 Å². The lowest BCUT2D eigenvalue weighted by Crippen LogP contribution is -2.21. The molecule has 0 aliphatic rings. The van der Waals surface area contributed by atoms with Crippen molar-refractivity contribution in [1.82, 2.24) is 5.32 Å². The SMILES string of the molecule is CCCCC(CC)CCCCOCCCNCC(C)C. The van der Waals surface area contributed by atoms with Gasteiger partial charge in [0.1, 0.15) is 0 Å². The summed E-state index contributed by atoms with van der Waals surface area (Å²) in [4.78, 5) is 0. The molecule has 1 atom stereocenters. The second-order valence-electron chi connectivity index (χ2n) is 6.48. The second-order valence-corrected chi connectivity index (χ2v) is 6.48. The van der Waals surface area contributed by atoms with Crippen LogP contribution in [0.2, 0.25) is 0 Å². The Bertz CT molecular complexity index is 182. The quantitative estimate of drug-likeness (QED) is 0.426. The summed E-state index contributed by atoms with van der Waals surface area (Å²) in [6.07, 6.45) is 10.6. The van der Waals surface area contributed by atoms with Gasteiger partial charge in [0.25, 0.3) is 0 Å². The van der Waals surface area contributed by atoms with Crippen LogP contribution in [-0.2, 0) is 4.74 Å². The predicted octanol–water partition coefficient (Wildman–Crippen LogP) is 5.03. The van der Waals surface area contributed by atoms with Crippen molar-refractivity contribution >= 4 is 0 Å². The monoisotopic (exact) mass is 285 g/mol. The molecular formula is C18H39NO. The maximum Gasteiger partial charge on any atom is 0.0478 e. The third-order valence-corrected chi connectivity index (χ3v) is 3.89. The fraction of sp³-hybridized carbons (Fsp3) is 1.00. The Kier molecular flexibility index (Phi) is 15.3. The van der Waals surface area contributed by atoms with Crippen molar-refractivity contribution in [2.24, 2.45) is 11.8 Å². The Labute approximate surface area is 128 Å². The fourth-order valence-electron chi connectivity index (χ4n) is 2.47. The Morgan fingerprint density at radius 2 is 1.60 bits per heavy atom. The van der Waals surface area contributed by atoms with Crippen LogP contribution in [0.3, 0.4) is 0 Å². The van der Waals surface area contributed by atoms with Crippen LogP contribution in [0, 0.1) is 11.8 Å². The molecule has 2 nitrogen and oxygen atoms in total. The summed E-state index contributed by atoms with van der Waals surface area (Å²) in [5.74, 6) is 1.70. The minimum Gasteiger partial charge on any atom is -0.381 e. The summed E-state index contributed by atoms with van der Waals surface area (Å²) in [5.41, 5.74) is 0. The van der Waals surface area contributed by atoms with Crippen molar-refractivity contribution in [3.8, 4) is 0 Å². The average Bonchev–Trinajstić information content (AvgIpc) is 2.43. The van der Waals surface area contributed by atoms with Gasteiger partial charge in [-0.25, -0.2) is 0 Å². The van der Waals surface area contributed by atoms with Crippen molar-refractivity contribution < 1.29 is 4.74 Å². The number of ether oxygens (including phenoxy) is 1. The maximum absolute atomic E-state index is 5.70. The van der Waals surface area contributed by atoms with E-state index in [4.69, 9.17) is 4.74 Å². The van der Waals surface area contributed by atoms with Gasteiger partial charge in [0.05, 0.1) is 0 Å². The van der Waals surface area contributed by atoms with Gasteiger partial charge < -0.3 is 10.1 Å². The molecule has 0 fully saturated rings. The highest BCUT2D eigenvalue weighted by molar-refractivity contribution is 4.58. The van der Waals surface area contributed by atoms with Crippen LogP contribution >= 0.6 is 0 Å². The molecule has 0 aromatic carbocycles. The normalized spacial score (nSPS) is 13.1. The Morgan fingerprint density at radius 3 is 2.25 bits per heavy atom. The molecule has 0 radical (unpaired) electrons. The van der Waals surface area contributed by atoms with Crippen LogP contribution in [0.4, 0.5) is 0 Å². The average molecular weight is 286 g/mol. The van der Waals surface area contributed by atoms with E-state index in [9.17, 15) is 0 Å². The number of hydrogen-bond donors (Lipinski definition) is 1. The zero-order valence-electron chi connectivity index (χ0n) is 14.5. The summed E-state index contributed by atoms with van der Waals surface area (Å²) in [5, 5.41) is 3.45. The van der Waals surface area contributed by atoms with E-state index in [1.165, 1.54) is 44.9 Å². The number of unbranched alkanes of at least 4 members (excludes halogenated alkanes) is 2. The molecule has 0 amide bonds. The van der Waals surface area contributed by atoms with E-state index in [2.05, 4.69) is 33.0 Å². The molecule has 0 aromatic heterocycles. The molecule has 2 heteroatoms. The summed E-state index contributed by atoms with van der Waals surface area (Å²) in [6.45, 7) is 13.2. The van der Waals surface area contributed by atoms with E-state index in [1.54, 1.807) is 0 Å². The summed E-state index contributed by atoms with van der Waals surface area (Å²) < 4.78 is 5.70. The fourth-order valence-corrected chi connectivity index (χ4v) is 2.47. The molecule has 122 valence electrons. The smallest absolute Gasteiger partial charge is 0.0478 e. The van der Waals surface area contributed by atoms with Crippen LogP contribution in [0.15, 0.2) is 0 Å². The third kappa shape index (κ3) is 14.3. The molecule has 0 aliphatic heterocycles. The number of rotatable bonds is 15. The minimum atomic E-state index is 0.745. The van der Waals surface area contributed by atoms with Gasteiger partial charge in [0.15, 0.2) is 0 Å². The van der Waals surface area contributed by atoms with Gasteiger partial charge in [-0.2, -0.15) is 0 Å². The molecule has 0 heterocycles. The molecule has 1 unspecified atom stereocenters. The first-order chi connectivity index (χ1) is 9.70.